The largest absolute Gasteiger partial charge is 0.481 e. The fourth-order valence-corrected chi connectivity index (χ4v) is 1.44. The molecule has 0 saturated heterocycles. The van der Waals surface area contributed by atoms with E-state index in [4.69, 9.17) is 5.11 Å². The normalized spacial score (nSPS) is 13.2. The number of nitrogens with one attached hydrogen (secondary N) is 2. The molecule has 0 bridgehead atoms. The van der Waals surface area contributed by atoms with E-state index in [1.807, 2.05) is 34.0 Å². The van der Waals surface area contributed by atoms with Crippen LogP contribution in [0.25, 0.3) is 0 Å². The number of carboxylic acid groups (broad SMARTS) is 1. The Bertz CT molecular complexity index is 293. The molecule has 106 valence electrons. The molecule has 0 aromatic carbocycles. The summed E-state index contributed by atoms with van der Waals surface area (Å²) < 4.78 is -0.0303. The summed E-state index contributed by atoms with van der Waals surface area (Å²) in [5, 5.41) is 14.2. The van der Waals surface area contributed by atoms with Crippen LogP contribution < -0.4 is 10.6 Å². The average molecular weight is 276 g/mol. The summed E-state index contributed by atoms with van der Waals surface area (Å²) in [4.78, 5) is 22.4. The molecule has 18 heavy (non-hydrogen) atoms. The Morgan fingerprint density at radius 1 is 1.33 bits per heavy atom. The lowest BCUT2D eigenvalue weighted by Gasteiger charge is -2.25. The van der Waals surface area contributed by atoms with Crippen molar-refractivity contribution in [2.45, 2.75) is 44.9 Å². The number of carbonyl (C=O) groups excluding carboxylic acids is 1. The van der Waals surface area contributed by atoms with Gasteiger partial charge in [-0.3, -0.25) is 4.79 Å². The number of hydrogen-bond acceptors (Lipinski definition) is 3. The zero-order valence-corrected chi connectivity index (χ0v) is 12.6. The summed E-state index contributed by atoms with van der Waals surface area (Å²) in [6.07, 6.45) is 1.93. The Morgan fingerprint density at radius 2 is 1.89 bits per heavy atom. The lowest BCUT2D eigenvalue weighted by Crippen LogP contribution is -2.48. The highest BCUT2D eigenvalue weighted by Gasteiger charge is 2.21. The summed E-state index contributed by atoms with van der Waals surface area (Å²) in [6.45, 7) is 8.39. The molecule has 1 unspecified atom stereocenters. The number of carbonyl (C=O) groups is 2. The van der Waals surface area contributed by atoms with Crippen molar-refractivity contribution in [3.63, 3.8) is 0 Å². The third kappa shape index (κ3) is 7.42. The SMILES string of the molecule is CSC(C)(C)CNC(=O)NC(CC(=O)O)C(C)C. The Balaban J connectivity index is 4.22. The van der Waals surface area contributed by atoms with Crippen LogP contribution >= 0.6 is 11.8 Å². The highest BCUT2D eigenvalue weighted by molar-refractivity contribution is 7.99. The average Bonchev–Trinajstić information content (AvgIpc) is 2.25. The van der Waals surface area contributed by atoms with Crippen molar-refractivity contribution in [3.05, 3.63) is 0 Å². The highest BCUT2D eigenvalue weighted by Crippen LogP contribution is 2.19. The van der Waals surface area contributed by atoms with Crippen molar-refractivity contribution in [3.8, 4) is 0 Å². The number of aliphatic carboxylic acids is 1. The smallest absolute Gasteiger partial charge is 0.315 e. The summed E-state index contributed by atoms with van der Waals surface area (Å²) in [5.41, 5.74) is 0. The van der Waals surface area contributed by atoms with Crippen LogP contribution in [-0.4, -0.2) is 40.7 Å². The van der Waals surface area contributed by atoms with Gasteiger partial charge < -0.3 is 15.7 Å². The van der Waals surface area contributed by atoms with Crippen LogP contribution in [0.2, 0.25) is 0 Å². The van der Waals surface area contributed by atoms with Crippen LogP contribution in [0.4, 0.5) is 4.79 Å². The predicted octanol–water partition coefficient (Wildman–Crippen LogP) is 1.93. The molecular weight excluding hydrogens is 252 g/mol. The lowest BCUT2D eigenvalue weighted by atomic mass is 10.0. The van der Waals surface area contributed by atoms with Crippen molar-refractivity contribution in [2.24, 2.45) is 5.92 Å². The van der Waals surface area contributed by atoms with E-state index < -0.39 is 5.97 Å². The Morgan fingerprint density at radius 3 is 2.28 bits per heavy atom. The molecule has 5 nitrogen and oxygen atoms in total. The zero-order chi connectivity index (χ0) is 14.3. The van der Waals surface area contributed by atoms with E-state index in [-0.39, 0.29) is 29.2 Å². The predicted molar refractivity (Wildman–Crippen MR) is 75.0 cm³/mol. The minimum atomic E-state index is -0.904. The van der Waals surface area contributed by atoms with Gasteiger partial charge in [-0.1, -0.05) is 13.8 Å². The van der Waals surface area contributed by atoms with Gasteiger partial charge in [-0.2, -0.15) is 11.8 Å². The molecule has 0 aliphatic rings. The number of rotatable bonds is 7. The molecule has 0 aromatic rings. The standard InChI is InChI=1S/C12H24N2O3S/c1-8(2)9(6-10(15)16)14-11(17)13-7-12(3,4)18-5/h8-9H,6-7H2,1-5H3,(H,15,16)(H2,13,14,17). The molecular formula is C12H24N2O3S. The summed E-state index contributed by atoms with van der Waals surface area (Å²) in [6, 6.07) is -0.656. The van der Waals surface area contributed by atoms with Gasteiger partial charge in [0.2, 0.25) is 0 Å². The first-order valence-electron chi connectivity index (χ1n) is 5.99. The number of amides is 2. The fraction of sp³-hybridized carbons (Fsp3) is 0.833. The Hall–Kier alpha value is -0.910. The highest BCUT2D eigenvalue weighted by atomic mass is 32.2. The molecule has 0 aromatic heterocycles. The van der Waals surface area contributed by atoms with Gasteiger partial charge in [0.15, 0.2) is 0 Å². The molecule has 2 amide bonds. The van der Waals surface area contributed by atoms with E-state index in [2.05, 4.69) is 10.6 Å². The van der Waals surface area contributed by atoms with Gasteiger partial charge in [0, 0.05) is 17.3 Å². The number of hydrogen-bond donors (Lipinski definition) is 3. The molecule has 3 N–H and O–H groups in total. The van der Waals surface area contributed by atoms with Gasteiger partial charge >= 0.3 is 12.0 Å². The van der Waals surface area contributed by atoms with E-state index >= 15 is 0 Å². The van der Waals surface area contributed by atoms with Crippen LogP contribution in [-0.2, 0) is 4.79 Å². The number of thioether (sulfide) groups is 1. The van der Waals surface area contributed by atoms with Crippen molar-refractivity contribution < 1.29 is 14.7 Å². The maximum absolute atomic E-state index is 11.7. The first-order valence-corrected chi connectivity index (χ1v) is 7.21. The maximum atomic E-state index is 11.7. The van der Waals surface area contributed by atoms with Gasteiger partial charge in [0.05, 0.1) is 6.42 Å². The van der Waals surface area contributed by atoms with Crippen LogP contribution in [0.5, 0.6) is 0 Å². The monoisotopic (exact) mass is 276 g/mol. The van der Waals surface area contributed by atoms with Gasteiger partial charge in [-0.15, -0.1) is 0 Å². The maximum Gasteiger partial charge on any atom is 0.315 e. The van der Waals surface area contributed by atoms with E-state index in [0.29, 0.717) is 6.54 Å². The third-order valence-corrected chi connectivity index (χ3v) is 3.99. The molecule has 6 heteroatoms. The lowest BCUT2D eigenvalue weighted by molar-refractivity contribution is -0.137. The van der Waals surface area contributed by atoms with Crippen molar-refractivity contribution in [1.29, 1.82) is 0 Å². The minimum absolute atomic E-state index is 0.0303. The van der Waals surface area contributed by atoms with Crippen LogP contribution in [0, 0.1) is 5.92 Å². The van der Waals surface area contributed by atoms with Crippen molar-refractivity contribution >= 4 is 23.8 Å². The second-order valence-electron chi connectivity index (χ2n) is 5.24. The Kier molecular flexibility index (Phi) is 7.13. The number of carboxylic acids is 1. The molecule has 0 spiro atoms. The fourth-order valence-electron chi connectivity index (χ4n) is 1.23. The van der Waals surface area contributed by atoms with Crippen molar-refractivity contribution in [1.82, 2.24) is 10.6 Å². The molecule has 0 radical (unpaired) electrons. The second kappa shape index (κ2) is 7.51. The summed E-state index contributed by atoms with van der Waals surface area (Å²) in [5.74, 6) is -0.821. The van der Waals surface area contributed by atoms with Gasteiger partial charge in [-0.05, 0) is 26.0 Å². The van der Waals surface area contributed by atoms with E-state index in [0.717, 1.165) is 0 Å². The minimum Gasteiger partial charge on any atom is -0.481 e. The quantitative estimate of drug-likeness (QED) is 0.664. The molecule has 0 aliphatic heterocycles. The Labute approximate surface area is 113 Å². The van der Waals surface area contributed by atoms with E-state index in [1.54, 1.807) is 11.8 Å². The molecule has 0 aliphatic carbocycles. The molecule has 1 atom stereocenters. The third-order valence-electron chi connectivity index (χ3n) is 2.74. The molecule has 0 saturated carbocycles. The first kappa shape index (κ1) is 17.1. The molecule has 0 rings (SSSR count). The topological polar surface area (TPSA) is 78.4 Å². The first-order chi connectivity index (χ1) is 8.18. The number of urea groups is 1. The van der Waals surface area contributed by atoms with Gasteiger partial charge in [0.1, 0.15) is 0 Å². The summed E-state index contributed by atoms with van der Waals surface area (Å²) >= 11 is 1.67. The van der Waals surface area contributed by atoms with Crippen LogP contribution in [0.3, 0.4) is 0 Å². The van der Waals surface area contributed by atoms with E-state index in [1.165, 1.54) is 0 Å². The summed E-state index contributed by atoms with van der Waals surface area (Å²) in [7, 11) is 0. The second-order valence-corrected chi connectivity index (χ2v) is 6.75. The van der Waals surface area contributed by atoms with Gasteiger partial charge in [0.25, 0.3) is 0 Å². The van der Waals surface area contributed by atoms with Crippen molar-refractivity contribution in [2.75, 3.05) is 12.8 Å². The zero-order valence-electron chi connectivity index (χ0n) is 11.7. The van der Waals surface area contributed by atoms with Crippen LogP contribution in [0.15, 0.2) is 0 Å². The molecule has 0 fully saturated rings. The van der Waals surface area contributed by atoms with E-state index in [9.17, 15) is 9.59 Å². The van der Waals surface area contributed by atoms with Gasteiger partial charge in [-0.25, -0.2) is 4.79 Å². The molecule has 0 heterocycles. The van der Waals surface area contributed by atoms with Crippen LogP contribution in [0.1, 0.15) is 34.1 Å².